The Morgan fingerprint density at radius 3 is 2.76 bits per heavy atom. The van der Waals surface area contributed by atoms with Gasteiger partial charge in [-0.1, -0.05) is 37.6 Å². The fourth-order valence-corrected chi connectivity index (χ4v) is 2.60. The monoisotopic (exact) mass is 280 g/mol. The molecule has 0 N–H and O–H groups in total. The van der Waals surface area contributed by atoms with E-state index in [1.54, 1.807) is 7.11 Å². The van der Waals surface area contributed by atoms with Gasteiger partial charge in [-0.25, -0.2) is 4.98 Å². The Morgan fingerprint density at radius 1 is 1.10 bits per heavy atom. The normalized spacial score (nSPS) is 11.0. The van der Waals surface area contributed by atoms with Crippen molar-refractivity contribution in [1.82, 2.24) is 9.55 Å². The first kappa shape index (κ1) is 13.7. The molecule has 3 heteroatoms. The van der Waals surface area contributed by atoms with Gasteiger partial charge < -0.3 is 9.30 Å². The summed E-state index contributed by atoms with van der Waals surface area (Å²) in [5, 5.41) is 0. The number of rotatable bonds is 5. The predicted octanol–water partition coefficient (Wildman–Crippen LogP) is 4.51. The number of hydrogen-bond donors (Lipinski definition) is 0. The molecule has 0 radical (unpaired) electrons. The minimum Gasteiger partial charge on any atom is -0.497 e. The lowest BCUT2D eigenvalue weighted by molar-refractivity contribution is 0.415. The highest BCUT2D eigenvalue weighted by molar-refractivity contribution is 5.80. The van der Waals surface area contributed by atoms with Crippen LogP contribution in [0.1, 0.15) is 19.8 Å². The van der Waals surface area contributed by atoms with Crippen LogP contribution in [-0.2, 0) is 6.54 Å². The highest BCUT2D eigenvalue weighted by Crippen LogP contribution is 2.27. The van der Waals surface area contributed by atoms with Gasteiger partial charge in [-0.15, -0.1) is 0 Å². The van der Waals surface area contributed by atoms with Crippen molar-refractivity contribution in [2.45, 2.75) is 26.3 Å². The lowest BCUT2D eigenvalue weighted by Gasteiger charge is -2.09. The highest BCUT2D eigenvalue weighted by Gasteiger charge is 2.12. The minimum atomic E-state index is 0.863. The average molecular weight is 280 g/mol. The summed E-state index contributed by atoms with van der Waals surface area (Å²) in [4.78, 5) is 4.82. The van der Waals surface area contributed by atoms with Crippen LogP contribution in [0.25, 0.3) is 22.4 Å². The SMILES string of the molecule is CCCCn1c(-c2cccc(OC)c2)nc2ccccc21. The summed E-state index contributed by atoms with van der Waals surface area (Å²) in [5.74, 6) is 1.88. The summed E-state index contributed by atoms with van der Waals surface area (Å²) in [5.41, 5.74) is 3.34. The maximum Gasteiger partial charge on any atom is 0.141 e. The summed E-state index contributed by atoms with van der Waals surface area (Å²) in [6.45, 7) is 3.20. The summed E-state index contributed by atoms with van der Waals surface area (Å²) >= 11 is 0. The predicted molar refractivity (Wildman–Crippen MR) is 86.6 cm³/mol. The van der Waals surface area contributed by atoms with Crippen LogP contribution >= 0.6 is 0 Å². The van der Waals surface area contributed by atoms with Crippen LogP contribution in [0.4, 0.5) is 0 Å². The van der Waals surface area contributed by atoms with E-state index >= 15 is 0 Å². The maximum atomic E-state index is 5.33. The zero-order chi connectivity index (χ0) is 14.7. The molecule has 1 aromatic heterocycles. The van der Waals surface area contributed by atoms with Crippen molar-refractivity contribution in [3.8, 4) is 17.1 Å². The first-order valence-electron chi connectivity index (χ1n) is 7.43. The molecule has 0 bridgehead atoms. The third-order valence-corrected chi connectivity index (χ3v) is 3.72. The Hall–Kier alpha value is -2.29. The molecular formula is C18H20N2O. The van der Waals surface area contributed by atoms with Gasteiger partial charge in [0, 0.05) is 12.1 Å². The molecule has 0 atom stereocenters. The van der Waals surface area contributed by atoms with Gasteiger partial charge in [0.1, 0.15) is 11.6 Å². The number of unbranched alkanes of at least 4 members (excludes halogenated alkanes) is 1. The molecule has 0 spiro atoms. The third-order valence-electron chi connectivity index (χ3n) is 3.72. The van der Waals surface area contributed by atoms with E-state index in [0.29, 0.717) is 0 Å². The topological polar surface area (TPSA) is 27.1 Å². The Bertz CT molecular complexity index is 746. The molecular weight excluding hydrogens is 260 g/mol. The summed E-state index contributed by atoms with van der Waals surface area (Å²) in [6, 6.07) is 16.4. The molecule has 21 heavy (non-hydrogen) atoms. The second-order valence-electron chi connectivity index (χ2n) is 5.16. The minimum absolute atomic E-state index is 0.863. The average Bonchev–Trinajstić information content (AvgIpc) is 2.91. The van der Waals surface area contributed by atoms with Crippen molar-refractivity contribution < 1.29 is 4.74 Å². The number of fused-ring (bicyclic) bond motifs is 1. The van der Waals surface area contributed by atoms with Crippen molar-refractivity contribution in [3.63, 3.8) is 0 Å². The van der Waals surface area contributed by atoms with Gasteiger partial charge in [-0.05, 0) is 30.7 Å². The molecule has 0 aliphatic rings. The van der Waals surface area contributed by atoms with Crippen LogP contribution in [0.15, 0.2) is 48.5 Å². The van der Waals surface area contributed by atoms with Crippen LogP contribution in [-0.4, -0.2) is 16.7 Å². The molecule has 0 aliphatic carbocycles. The zero-order valence-electron chi connectivity index (χ0n) is 12.5. The molecule has 0 saturated carbocycles. The number of methoxy groups -OCH3 is 1. The van der Waals surface area contributed by atoms with Gasteiger partial charge in [-0.2, -0.15) is 0 Å². The molecule has 0 saturated heterocycles. The Balaban J connectivity index is 2.15. The first-order valence-corrected chi connectivity index (χ1v) is 7.43. The van der Waals surface area contributed by atoms with Gasteiger partial charge in [-0.3, -0.25) is 0 Å². The molecule has 1 heterocycles. The van der Waals surface area contributed by atoms with E-state index in [2.05, 4.69) is 35.8 Å². The second kappa shape index (κ2) is 6.00. The lowest BCUT2D eigenvalue weighted by atomic mass is 10.2. The van der Waals surface area contributed by atoms with Gasteiger partial charge in [0.15, 0.2) is 0 Å². The largest absolute Gasteiger partial charge is 0.497 e. The number of nitrogens with zero attached hydrogens (tertiary/aromatic N) is 2. The van der Waals surface area contributed by atoms with E-state index < -0.39 is 0 Å². The summed E-state index contributed by atoms with van der Waals surface area (Å²) in [7, 11) is 1.69. The standard InChI is InChI=1S/C18H20N2O/c1-3-4-12-20-17-11-6-5-10-16(17)19-18(20)14-8-7-9-15(13-14)21-2/h5-11,13H,3-4,12H2,1-2H3. The van der Waals surface area contributed by atoms with Crippen LogP contribution < -0.4 is 4.74 Å². The van der Waals surface area contributed by atoms with Crippen LogP contribution in [0.5, 0.6) is 5.75 Å². The number of aryl methyl sites for hydroxylation is 1. The molecule has 0 aliphatic heterocycles. The van der Waals surface area contributed by atoms with Crippen molar-refractivity contribution >= 4 is 11.0 Å². The summed E-state index contributed by atoms with van der Waals surface area (Å²) in [6.07, 6.45) is 2.32. The van der Waals surface area contributed by atoms with Crippen LogP contribution in [0.2, 0.25) is 0 Å². The van der Waals surface area contributed by atoms with Crippen molar-refractivity contribution in [3.05, 3.63) is 48.5 Å². The Labute approximate surface area is 125 Å². The number of imidazole rings is 1. The molecule has 0 fully saturated rings. The van der Waals surface area contributed by atoms with Crippen molar-refractivity contribution in [2.24, 2.45) is 0 Å². The van der Waals surface area contributed by atoms with E-state index in [9.17, 15) is 0 Å². The number of hydrogen-bond acceptors (Lipinski definition) is 2. The number of benzene rings is 2. The fourth-order valence-electron chi connectivity index (χ4n) is 2.60. The molecule has 2 aromatic carbocycles. The molecule has 3 rings (SSSR count). The van der Waals surface area contributed by atoms with Crippen LogP contribution in [0.3, 0.4) is 0 Å². The van der Waals surface area contributed by atoms with Gasteiger partial charge in [0.05, 0.1) is 18.1 Å². The van der Waals surface area contributed by atoms with E-state index in [0.717, 1.165) is 35.6 Å². The fraction of sp³-hybridized carbons (Fsp3) is 0.278. The lowest BCUT2D eigenvalue weighted by Crippen LogP contribution is -2.00. The summed E-state index contributed by atoms with van der Waals surface area (Å²) < 4.78 is 7.65. The smallest absolute Gasteiger partial charge is 0.141 e. The molecule has 0 unspecified atom stereocenters. The molecule has 3 nitrogen and oxygen atoms in total. The maximum absolute atomic E-state index is 5.33. The highest BCUT2D eigenvalue weighted by atomic mass is 16.5. The van der Waals surface area contributed by atoms with Crippen molar-refractivity contribution in [2.75, 3.05) is 7.11 Å². The second-order valence-corrected chi connectivity index (χ2v) is 5.16. The third kappa shape index (κ3) is 2.64. The molecule has 108 valence electrons. The number of aromatic nitrogens is 2. The van der Waals surface area contributed by atoms with E-state index in [1.807, 2.05) is 24.3 Å². The van der Waals surface area contributed by atoms with E-state index in [4.69, 9.17) is 9.72 Å². The van der Waals surface area contributed by atoms with Gasteiger partial charge in [0.2, 0.25) is 0 Å². The van der Waals surface area contributed by atoms with E-state index in [-0.39, 0.29) is 0 Å². The van der Waals surface area contributed by atoms with Gasteiger partial charge >= 0.3 is 0 Å². The van der Waals surface area contributed by atoms with Crippen LogP contribution in [0, 0.1) is 0 Å². The zero-order valence-corrected chi connectivity index (χ0v) is 12.5. The first-order chi connectivity index (χ1) is 10.3. The van der Waals surface area contributed by atoms with Crippen molar-refractivity contribution in [1.29, 1.82) is 0 Å². The molecule has 3 aromatic rings. The Kier molecular flexibility index (Phi) is 3.91. The number of para-hydroxylation sites is 2. The number of ether oxygens (including phenoxy) is 1. The van der Waals surface area contributed by atoms with Gasteiger partial charge in [0.25, 0.3) is 0 Å². The molecule has 0 amide bonds. The van der Waals surface area contributed by atoms with E-state index in [1.165, 1.54) is 11.9 Å². The quantitative estimate of drug-likeness (QED) is 0.687. The Morgan fingerprint density at radius 2 is 1.95 bits per heavy atom.